The van der Waals surface area contributed by atoms with Gasteiger partial charge in [0.15, 0.2) is 0 Å². The SMILES string of the molecule is CCNC(=O)C(C)N(Cc1cccc(C)c1)C(=O)CN(c1cccc([N+](=O)[O-])c1)S(C)(=O)=O. The number of amides is 2. The summed E-state index contributed by atoms with van der Waals surface area (Å²) >= 11 is 0. The van der Waals surface area contributed by atoms with Gasteiger partial charge >= 0.3 is 0 Å². The molecule has 0 bridgehead atoms. The van der Waals surface area contributed by atoms with Crippen molar-refractivity contribution >= 4 is 33.2 Å². The zero-order valence-electron chi connectivity index (χ0n) is 19.0. The van der Waals surface area contributed by atoms with E-state index in [1.54, 1.807) is 13.8 Å². The van der Waals surface area contributed by atoms with Gasteiger partial charge in [0, 0.05) is 25.2 Å². The molecule has 0 aromatic heterocycles. The number of nitro benzene ring substituents is 1. The normalized spacial score (nSPS) is 12.0. The number of carbonyl (C=O) groups excluding carboxylic acids is 2. The second-order valence-corrected chi connectivity index (χ2v) is 9.53. The van der Waals surface area contributed by atoms with E-state index in [4.69, 9.17) is 0 Å². The molecule has 1 unspecified atom stereocenters. The lowest BCUT2D eigenvalue weighted by Gasteiger charge is -2.31. The average Bonchev–Trinajstić information content (AvgIpc) is 2.74. The Balaban J connectivity index is 2.42. The van der Waals surface area contributed by atoms with Gasteiger partial charge in [0.25, 0.3) is 5.69 Å². The Hall–Kier alpha value is -3.47. The molecule has 2 aromatic carbocycles. The van der Waals surface area contributed by atoms with Crippen LogP contribution in [-0.4, -0.2) is 55.4 Å². The third-order valence-corrected chi connectivity index (χ3v) is 6.10. The molecule has 2 amide bonds. The maximum Gasteiger partial charge on any atom is 0.271 e. The molecule has 2 rings (SSSR count). The van der Waals surface area contributed by atoms with Crippen molar-refractivity contribution in [3.63, 3.8) is 0 Å². The maximum absolute atomic E-state index is 13.3. The molecule has 0 heterocycles. The molecule has 33 heavy (non-hydrogen) atoms. The highest BCUT2D eigenvalue weighted by Crippen LogP contribution is 2.24. The molecule has 0 aliphatic carbocycles. The lowest BCUT2D eigenvalue weighted by atomic mass is 10.1. The first-order chi connectivity index (χ1) is 15.4. The smallest absolute Gasteiger partial charge is 0.271 e. The number of nitrogens with one attached hydrogen (secondary N) is 1. The molecule has 2 aromatic rings. The number of hydrogen-bond donors (Lipinski definition) is 1. The molecule has 0 saturated heterocycles. The minimum absolute atomic E-state index is 0.0128. The first-order valence-corrected chi connectivity index (χ1v) is 12.1. The third kappa shape index (κ3) is 7.01. The van der Waals surface area contributed by atoms with Gasteiger partial charge in [-0.3, -0.25) is 24.0 Å². The van der Waals surface area contributed by atoms with Gasteiger partial charge in [-0.25, -0.2) is 8.42 Å². The Morgan fingerprint density at radius 2 is 1.82 bits per heavy atom. The topological polar surface area (TPSA) is 130 Å². The first kappa shape index (κ1) is 25.8. The highest BCUT2D eigenvalue weighted by atomic mass is 32.2. The highest BCUT2D eigenvalue weighted by Gasteiger charge is 2.30. The molecule has 1 N–H and O–H groups in total. The average molecular weight is 477 g/mol. The standard InChI is InChI=1S/C22H28N4O6S/c1-5-23-22(28)17(3)24(14-18-9-6-8-16(2)12-18)21(27)15-25(33(4,31)32)19-10-7-11-20(13-19)26(29)30/h6-13,17H,5,14-15H2,1-4H3,(H,23,28). The van der Waals surface area contributed by atoms with Crippen molar-refractivity contribution in [1.82, 2.24) is 10.2 Å². The number of benzene rings is 2. The van der Waals surface area contributed by atoms with Crippen LogP contribution in [-0.2, 0) is 26.2 Å². The number of sulfonamides is 1. The third-order valence-electron chi connectivity index (χ3n) is 4.96. The van der Waals surface area contributed by atoms with E-state index >= 15 is 0 Å². The molecule has 0 radical (unpaired) electrons. The van der Waals surface area contributed by atoms with E-state index < -0.39 is 33.4 Å². The van der Waals surface area contributed by atoms with E-state index in [9.17, 15) is 28.1 Å². The van der Waals surface area contributed by atoms with Crippen molar-refractivity contribution in [1.29, 1.82) is 0 Å². The van der Waals surface area contributed by atoms with Crippen molar-refractivity contribution in [2.75, 3.05) is 23.7 Å². The van der Waals surface area contributed by atoms with Crippen LogP contribution in [0, 0.1) is 17.0 Å². The molecule has 1 atom stereocenters. The van der Waals surface area contributed by atoms with Crippen LogP contribution in [0.2, 0.25) is 0 Å². The number of rotatable bonds is 10. The molecule has 0 fully saturated rings. The molecule has 11 heteroatoms. The molecule has 0 spiro atoms. The number of nitro groups is 1. The largest absolute Gasteiger partial charge is 0.355 e. The first-order valence-electron chi connectivity index (χ1n) is 10.3. The van der Waals surface area contributed by atoms with Crippen LogP contribution in [0.4, 0.5) is 11.4 Å². The number of anilines is 1. The van der Waals surface area contributed by atoms with E-state index in [1.807, 2.05) is 31.2 Å². The lowest BCUT2D eigenvalue weighted by Crippen LogP contribution is -2.51. The molecule has 10 nitrogen and oxygen atoms in total. The number of aryl methyl sites for hydroxylation is 1. The Morgan fingerprint density at radius 1 is 1.15 bits per heavy atom. The summed E-state index contributed by atoms with van der Waals surface area (Å²) in [6.45, 7) is 5.07. The van der Waals surface area contributed by atoms with Crippen LogP contribution in [0.5, 0.6) is 0 Å². The molecule has 0 saturated carbocycles. The van der Waals surface area contributed by atoms with E-state index in [0.717, 1.165) is 27.8 Å². The fourth-order valence-corrected chi connectivity index (χ4v) is 4.13. The second-order valence-electron chi connectivity index (χ2n) is 7.63. The quantitative estimate of drug-likeness (QED) is 0.413. The van der Waals surface area contributed by atoms with Gasteiger partial charge in [0.1, 0.15) is 12.6 Å². The van der Waals surface area contributed by atoms with Gasteiger partial charge in [-0.2, -0.15) is 0 Å². The number of likely N-dealkylation sites (N-methyl/N-ethyl adjacent to an activating group) is 1. The van der Waals surface area contributed by atoms with Crippen LogP contribution in [0.3, 0.4) is 0 Å². The van der Waals surface area contributed by atoms with Crippen LogP contribution in [0.15, 0.2) is 48.5 Å². The fraction of sp³-hybridized carbons (Fsp3) is 0.364. The van der Waals surface area contributed by atoms with E-state index in [0.29, 0.717) is 6.54 Å². The lowest BCUT2D eigenvalue weighted by molar-refractivity contribution is -0.384. The predicted molar refractivity (Wildman–Crippen MR) is 125 cm³/mol. The van der Waals surface area contributed by atoms with Gasteiger partial charge in [0.2, 0.25) is 21.8 Å². The molecule has 0 aliphatic rings. The van der Waals surface area contributed by atoms with Crippen LogP contribution >= 0.6 is 0 Å². The second kappa shape index (κ2) is 10.9. The van der Waals surface area contributed by atoms with Gasteiger partial charge in [0.05, 0.1) is 16.9 Å². The summed E-state index contributed by atoms with van der Waals surface area (Å²) < 4.78 is 25.8. The summed E-state index contributed by atoms with van der Waals surface area (Å²) in [5.74, 6) is -0.994. The monoisotopic (exact) mass is 476 g/mol. The Kier molecular flexibility index (Phi) is 8.52. The summed E-state index contributed by atoms with van der Waals surface area (Å²) in [5, 5.41) is 13.8. The van der Waals surface area contributed by atoms with Gasteiger partial charge in [-0.05, 0) is 32.4 Å². The summed E-state index contributed by atoms with van der Waals surface area (Å²) in [4.78, 5) is 37.6. The summed E-state index contributed by atoms with van der Waals surface area (Å²) in [7, 11) is -3.96. The minimum Gasteiger partial charge on any atom is -0.355 e. The number of hydrogen-bond acceptors (Lipinski definition) is 6. The summed E-state index contributed by atoms with van der Waals surface area (Å²) in [5.41, 5.74) is 1.43. The number of nitrogens with zero attached hydrogens (tertiary/aromatic N) is 3. The van der Waals surface area contributed by atoms with Crippen LogP contribution < -0.4 is 9.62 Å². The number of carbonyl (C=O) groups is 2. The summed E-state index contributed by atoms with van der Waals surface area (Å²) in [6.07, 6.45) is 0.914. The van der Waals surface area contributed by atoms with Crippen molar-refractivity contribution in [3.05, 3.63) is 69.8 Å². The van der Waals surface area contributed by atoms with E-state index in [1.165, 1.54) is 23.1 Å². The van der Waals surface area contributed by atoms with Gasteiger partial charge in [-0.1, -0.05) is 35.9 Å². The zero-order chi connectivity index (χ0) is 24.8. The Morgan fingerprint density at radius 3 is 2.39 bits per heavy atom. The number of non-ortho nitro benzene ring substituents is 1. The summed E-state index contributed by atoms with van der Waals surface area (Å²) in [6, 6.07) is 11.6. The Labute approximate surface area is 193 Å². The van der Waals surface area contributed by atoms with Crippen molar-refractivity contribution in [2.45, 2.75) is 33.4 Å². The molecule has 178 valence electrons. The van der Waals surface area contributed by atoms with Gasteiger partial charge < -0.3 is 10.2 Å². The minimum atomic E-state index is -3.96. The van der Waals surface area contributed by atoms with Gasteiger partial charge in [-0.15, -0.1) is 0 Å². The van der Waals surface area contributed by atoms with Crippen molar-refractivity contribution < 1.29 is 22.9 Å². The van der Waals surface area contributed by atoms with Crippen molar-refractivity contribution in [2.24, 2.45) is 0 Å². The van der Waals surface area contributed by atoms with E-state index in [-0.39, 0.29) is 23.8 Å². The zero-order valence-corrected chi connectivity index (χ0v) is 19.8. The van der Waals surface area contributed by atoms with E-state index in [2.05, 4.69) is 5.32 Å². The maximum atomic E-state index is 13.3. The predicted octanol–water partition coefficient (Wildman–Crippen LogP) is 2.22. The Bertz CT molecular complexity index is 1140. The van der Waals surface area contributed by atoms with Crippen molar-refractivity contribution in [3.8, 4) is 0 Å². The highest BCUT2D eigenvalue weighted by molar-refractivity contribution is 7.92. The van der Waals surface area contributed by atoms with Crippen LogP contribution in [0.1, 0.15) is 25.0 Å². The molecular formula is C22H28N4O6S. The van der Waals surface area contributed by atoms with Crippen LogP contribution in [0.25, 0.3) is 0 Å². The molecule has 0 aliphatic heterocycles. The fourth-order valence-electron chi connectivity index (χ4n) is 3.29. The molecular weight excluding hydrogens is 448 g/mol.